The highest BCUT2D eigenvalue weighted by atomic mass is 35.5. The molecule has 2 N–H and O–H groups in total. The molecule has 1 aliphatic rings. The smallest absolute Gasteiger partial charge is 0.262 e. The summed E-state index contributed by atoms with van der Waals surface area (Å²) in [7, 11) is 0. The summed E-state index contributed by atoms with van der Waals surface area (Å²) in [5, 5.41) is 1.94. The Morgan fingerprint density at radius 2 is 1.84 bits per heavy atom. The van der Waals surface area contributed by atoms with Crippen molar-refractivity contribution >= 4 is 40.2 Å². The van der Waals surface area contributed by atoms with Gasteiger partial charge < -0.3 is 10.5 Å². The van der Waals surface area contributed by atoms with Crippen molar-refractivity contribution in [1.29, 1.82) is 0 Å². The number of carbonyl (C=O) groups excluding carboxylic acids is 1. The quantitative estimate of drug-likeness (QED) is 0.414. The van der Waals surface area contributed by atoms with Crippen LogP contribution in [0.15, 0.2) is 58.5 Å². The standard InChI is InChI=1S/C23H24ClN3O3S/c24-15-5-9-17(10-6-15)30-18-11-7-16(8-12-18)27-22(29)19-3-1-2-4-20(19)26-23(27)31-14-13-21(25)28/h1-6,9-10,16,18H,7-8,11-14H2,(H2,25,28). The first kappa shape index (κ1) is 21.7. The average molecular weight is 458 g/mol. The topological polar surface area (TPSA) is 87.2 Å². The molecule has 3 aromatic rings. The molecule has 8 heteroatoms. The number of amides is 1. The fraction of sp³-hybridized carbons (Fsp3) is 0.348. The number of nitrogens with two attached hydrogens (primary N) is 1. The van der Waals surface area contributed by atoms with Crippen LogP contribution in [0.2, 0.25) is 5.02 Å². The fourth-order valence-corrected chi connectivity index (χ4v) is 5.06. The van der Waals surface area contributed by atoms with Gasteiger partial charge in [0.1, 0.15) is 5.75 Å². The number of para-hydroxylation sites is 1. The molecule has 0 aliphatic heterocycles. The molecule has 6 nitrogen and oxygen atoms in total. The second-order valence-electron chi connectivity index (χ2n) is 7.65. The third kappa shape index (κ3) is 5.22. The second kappa shape index (κ2) is 9.75. The zero-order chi connectivity index (χ0) is 21.8. The number of rotatable bonds is 7. The zero-order valence-electron chi connectivity index (χ0n) is 17.0. The van der Waals surface area contributed by atoms with Gasteiger partial charge in [0.2, 0.25) is 5.91 Å². The van der Waals surface area contributed by atoms with Crippen LogP contribution in [-0.2, 0) is 4.79 Å². The Kier molecular flexibility index (Phi) is 6.83. The van der Waals surface area contributed by atoms with Crippen LogP contribution in [0.25, 0.3) is 10.9 Å². The Bertz CT molecular complexity index is 1130. The Hall–Kier alpha value is -2.51. The molecular formula is C23H24ClN3O3S. The van der Waals surface area contributed by atoms with Crippen LogP contribution in [0.4, 0.5) is 0 Å². The Morgan fingerprint density at radius 1 is 1.13 bits per heavy atom. The first-order valence-electron chi connectivity index (χ1n) is 10.4. The molecule has 2 aromatic carbocycles. The molecule has 0 spiro atoms. The summed E-state index contributed by atoms with van der Waals surface area (Å²) in [5.74, 6) is 0.942. The maximum Gasteiger partial charge on any atom is 0.262 e. The summed E-state index contributed by atoms with van der Waals surface area (Å²) >= 11 is 7.35. The van der Waals surface area contributed by atoms with E-state index in [1.807, 2.05) is 53.1 Å². The lowest BCUT2D eigenvalue weighted by Crippen LogP contribution is -2.33. The van der Waals surface area contributed by atoms with Gasteiger partial charge >= 0.3 is 0 Å². The lowest BCUT2D eigenvalue weighted by Gasteiger charge is -2.31. The Labute approximate surface area is 189 Å². The molecule has 1 amide bonds. The van der Waals surface area contributed by atoms with E-state index < -0.39 is 0 Å². The highest BCUT2D eigenvalue weighted by Gasteiger charge is 2.27. The van der Waals surface area contributed by atoms with E-state index in [1.54, 1.807) is 0 Å². The fourth-order valence-electron chi connectivity index (χ4n) is 3.92. The molecule has 0 unspecified atom stereocenters. The lowest BCUT2D eigenvalue weighted by atomic mass is 9.92. The van der Waals surface area contributed by atoms with Gasteiger partial charge in [-0.25, -0.2) is 4.98 Å². The number of ether oxygens (including phenoxy) is 1. The SMILES string of the molecule is NC(=O)CCSc1nc2ccccc2c(=O)n1C1CCC(Oc2ccc(Cl)cc2)CC1. The van der Waals surface area contributed by atoms with Crippen molar-refractivity contribution in [2.75, 3.05) is 5.75 Å². The summed E-state index contributed by atoms with van der Waals surface area (Å²) in [5.41, 5.74) is 5.92. The Balaban J connectivity index is 1.53. The molecule has 0 atom stereocenters. The van der Waals surface area contributed by atoms with Crippen LogP contribution >= 0.6 is 23.4 Å². The van der Waals surface area contributed by atoms with Gasteiger partial charge in [0.25, 0.3) is 5.56 Å². The Morgan fingerprint density at radius 3 is 2.55 bits per heavy atom. The maximum atomic E-state index is 13.3. The number of fused-ring (bicyclic) bond motifs is 1. The van der Waals surface area contributed by atoms with E-state index in [1.165, 1.54) is 11.8 Å². The number of aromatic nitrogens is 2. The van der Waals surface area contributed by atoms with Gasteiger partial charge in [0.05, 0.1) is 17.0 Å². The van der Waals surface area contributed by atoms with Gasteiger partial charge in [-0.15, -0.1) is 0 Å². The number of halogens is 1. The molecule has 4 rings (SSSR count). The maximum absolute atomic E-state index is 13.3. The number of nitrogens with zero attached hydrogens (tertiary/aromatic N) is 2. The van der Waals surface area contributed by atoms with E-state index in [4.69, 9.17) is 27.1 Å². The van der Waals surface area contributed by atoms with E-state index >= 15 is 0 Å². The van der Waals surface area contributed by atoms with Crippen LogP contribution < -0.4 is 16.0 Å². The van der Waals surface area contributed by atoms with Gasteiger partial charge in [-0.1, -0.05) is 35.5 Å². The molecule has 0 saturated heterocycles. The molecule has 1 aromatic heterocycles. The van der Waals surface area contributed by atoms with Crippen molar-refractivity contribution in [3.8, 4) is 5.75 Å². The molecule has 1 saturated carbocycles. The molecule has 0 radical (unpaired) electrons. The third-order valence-corrected chi connectivity index (χ3v) is 6.69. The van der Waals surface area contributed by atoms with Crippen LogP contribution in [0.3, 0.4) is 0 Å². The van der Waals surface area contributed by atoms with Gasteiger partial charge in [0.15, 0.2) is 5.16 Å². The van der Waals surface area contributed by atoms with Crippen molar-refractivity contribution in [1.82, 2.24) is 9.55 Å². The highest BCUT2D eigenvalue weighted by Crippen LogP contribution is 2.33. The molecule has 1 aliphatic carbocycles. The van der Waals surface area contributed by atoms with E-state index in [-0.39, 0.29) is 30.0 Å². The van der Waals surface area contributed by atoms with Crippen molar-refractivity contribution < 1.29 is 9.53 Å². The van der Waals surface area contributed by atoms with Crippen molar-refractivity contribution in [3.63, 3.8) is 0 Å². The average Bonchev–Trinajstić information content (AvgIpc) is 2.76. The second-order valence-corrected chi connectivity index (χ2v) is 9.15. The number of hydrogen-bond acceptors (Lipinski definition) is 5. The van der Waals surface area contributed by atoms with E-state index in [0.717, 1.165) is 31.4 Å². The molecule has 1 heterocycles. The molecule has 31 heavy (non-hydrogen) atoms. The van der Waals surface area contributed by atoms with Crippen LogP contribution in [0.1, 0.15) is 38.1 Å². The van der Waals surface area contributed by atoms with Gasteiger partial charge in [-0.05, 0) is 62.1 Å². The monoisotopic (exact) mass is 457 g/mol. The van der Waals surface area contributed by atoms with Gasteiger partial charge in [-0.2, -0.15) is 0 Å². The van der Waals surface area contributed by atoms with Crippen LogP contribution in [0, 0.1) is 0 Å². The van der Waals surface area contributed by atoms with Gasteiger partial charge in [0, 0.05) is 23.2 Å². The first-order valence-corrected chi connectivity index (χ1v) is 11.7. The van der Waals surface area contributed by atoms with E-state index in [9.17, 15) is 9.59 Å². The molecular weight excluding hydrogens is 434 g/mol. The number of benzene rings is 2. The van der Waals surface area contributed by atoms with Crippen molar-refractivity contribution in [2.24, 2.45) is 5.73 Å². The number of primary amides is 1. The highest BCUT2D eigenvalue weighted by molar-refractivity contribution is 7.99. The zero-order valence-corrected chi connectivity index (χ0v) is 18.6. The number of hydrogen-bond donors (Lipinski definition) is 1. The minimum Gasteiger partial charge on any atom is -0.490 e. The normalized spacial score (nSPS) is 18.7. The summed E-state index contributed by atoms with van der Waals surface area (Å²) in [6.45, 7) is 0. The van der Waals surface area contributed by atoms with E-state index in [0.29, 0.717) is 26.8 Å². The summed E-state index contributed by atoms with van der Waals surface area (Å²) in [6.07, 6.45) is 3.68. The van der Waals surface area contributed by atoms with Crippen LogP contribution in [-0.4, -0.2) is 27.3 Å². The predicted molar refractivity (Wildman–Crippen MR) is 124 cm³/mol. The predicted octanol–water partition coefficient (Wildman–Crippen LogP) is 4.58. The largest absolute Gasteiger partial charge is 0.490 e. The third-order valence-electron chi connectivity index (χ3n) is 5.48. The molecule has 1 fully saturated rings. The molecule has 162 valence electrons. The van der Waals surface area contributed by atoms with Gasteiger partial charge in [-0.3, -0.25) is 14.2 Å². The van der Waals surface area contributed by atoms with Crippen molar-refractivity contribution in [2.45, 2.75) is 49.4 Å². The minimum absolute atomic E-state index is 0.0331. The summed E-state index contributed by atoms with van der Waals surface area (Å²) in [4.78, 5) is 29.2. The summed E-state index contributed by atoms with van der Waals surface area (Å²) < 4.78 is 7.91. The molecule has 0 bridgehead atoms. The minimum atomic E-state index is -0.359. The summed E-state index contributed by atoms with van der Waals surface area (Å²) in [6, 6.07) is 14.8. The lowest BCUT2D eigenvalue weighted by molar-refractivity contribution is -0.117. The number of carbonyl (C=O) groups is 1. The van der Waals surface area contributed by atoms with E-state index in [2.05, 4.69) is 0 Å². The first-order chi connectivity index (χ1) is 15.0. The van der Waals surface area contributed by atoms with Crippen LogP contribution in [0.5, 0.6) is 5.75 Å². The van der Waals surface area contributed by atoms with Crippen molar-refractivity contribution in [3.05, 3.63) is 63.9 Å². The number of thioether (sulfide) groups is 1.